The summed E-state index contributed by atoms with van der Waals surface area (Å²) in [6.45, 7) is 0. The Morgan fingerprint density at radius 2 is 2.31 bits per heavy atom. The van der Waals surface area contributed by atoms with Gasteiger partial charge in [-0.3, -0.25) is 0 Å². The van der Waals surface area contributed by atoms with Crippen molar-refractivity contribution < 1.29 is 17.9 Å². The summed E-state index contributed by atoms with van der Waals surface area (Å²) in [5.41, 5.74) is -1.39. The van der Waals surface area contributed by atoms with Gasteiger partial charge in [0.2, 0.25) is 0 Å². The molecule has 6 heteroatoms. The molecule has 0 saturated heterocycles. The van der Waals surface area contributed by atoms with E-state index in [1.54, 1.807) is 6.07 Å². The van der Waals surface area contributed by atoms with E-state index in [0.717, 1.165) is 6.26 Å². The molecule has 0 radical (unpaired) electrons. The molecule has 0 aromatic carbocycles. The van der Waals surface area contributed by atoms with E-state index in [9.17, 15) is 13.5 Å². The van der Waals surface area contributed by atoms with Crippen molar-refractivity contribution in [2.45, 2.75) is 30.1 Å². The molecule has 4 nitrogen and oxygen atoms in total. The molecule has 0 aliphatic heterocycles. The number of sulfone groups is 1. The van der Waals surface area contributed by atoms with Crippen LogP contribution in [0, 0.1) is 0 Å². The van der Waals surface area contributed by atoms with Crippen LogP contribution in [0.2, 0.25) is 0 Å². The first-order valence-electron chi connectivity index (χ1n) is 5.00. The SMILES string of the molecule is CS(=O)(=O)C1CCCC1(O)c1occc1Br. The molecule has 1 saturated carbocycles. The van der Waals surface area contributed by atoms with E-state index in [-0.39, 0.29) is 0 Å². The third-order valence-electron chi connectivity index (χ3n) is 3.08. The van der Waals surface area contributed by atoms with Gasteiger partial charge in [0.25, 0.3) is 0 Å². The molecule has 2 atom stereocenters. The lowest BCUT2D eigenvalue weighted by atomic mass is 9.99. The lowest BCUT2D eigenvalue weighted by Crippen LogP contribution is -2.39. The summed E-state index contributed by atoms with van der Waals surface area (Å²) >= 11 is 3.26. The Morgan fingerprint density at radius 1 is 1.62 bits per heavy atom. The van der Waals surface area contributed by atoms with Gasteiger partial charge in [-0.25, -0.2) is 8.42 Å². The lowest BCUT2D eigenvalue weighted by Gasteiger charge is -2.27. The van der Waals surface area contributed by atoms with Crippen LogP contribution in [-0.2, 0) is 15.4 Å². The van der Waals surface area contributed by atoms with Crippen LogP contribution in [0.4, 0.5) is 0 Å². The highest BCUT2D eigenvalue weighted by Gasteiger charge is 2.51. The summed E-state index contributed by atoms with van der Waals surface area (Å²) in [7, 11) is -3.28. The van der Waals surface area contributed by atoms with Gasteiger partial charge in [0.05, 0.1) is 16.0 Å². The predicted molar refractivity (Wildman–Crippen MR) is 62.8 cm³/mol. The third kappa shape index (κ3) is 1.83. The second-order valence-corrected chi connectivity index (χ2v) is 7.31. The topological polar surface area (TPSA) is 67.5 Å². The fourth-order valence-corrected chi connectivity index (χ4v) is 4.46. The van der Waals surface area contributed by atoms with Crippen LogP contribution >= 0.6 is 15.9 Å². The van der Waals surface area contributed by atoms with Gasteiger partial charge in [-0.15, -0.1) is 0 Å². The molecule has 0 amide bonds. The lowest BCUT2D eigenvalue weighted by molar-refractivity contribution is 0.0242. The fourth-order valence-electron chi connectivity index (χ4n) is 2.39. The molecule has 1 heterocycles. The largest absolute Gasteiger partial charge is 0.465 e. The summed E-state index contributed by atoms with van der Waals surface area (Å²) in [6, 6.07) is 1.66. The number of hydrogen-bond donors (Lipinski definition) is 1. The van der Waals surface area contributed by atoms with E-state index < -0.39 is 20.7 Å². The van der Waals surface area contributed by atoms with Crippen LogP contribution in [0.3, 0.4) is 0 Å². The van der Waals surface area contributed by atoms with Crippen LogP contribution in [0.25, 0.3) is 0 Å². The van der Waals surface area contributed by atoms with Gasteiger partial charge in [0.1, 0.15) is 5.60 Å². The van der Waals surface area contributed by atoms with E-state index in [4.69, 9.17) is 4.42 Å². The maximum atomic E-state index is 11.6. The molecule has 1 aromatic heterocycles. The van der Waals surface area contributed by atoms with Gasteiger partial charge in [-0.05, 0) is 41.3 Å². The van der Waals surface area contributed by atoms with Crippen molar-refractivity contribution in [1.82, 2.24) is 0 Å². The predicted octanol–water partition coefficient (Wildman–Crippen LogP) is 1.83. The van der Waals surface area contributed by atoms with E-state index in [1.165, 1.54) is 6.26 Å². The average molecular weight is 309 g/mol. The van der Waals surface area contributed by atoms with Crippen molar-refractivity contribution >= 4 is 25.8 Å². The Hall–Kier alpha value is -0.330. The highest BCUT2D eigenvalue weighted by Crippen LogP contribution is 2.45. The van der Waals surface area contributed by atoms with Crippen molar-refractivity contribution in [3.05, 3.63) is 22.6 Å². The molecule has 1 fully saturated rings. The number of aliphatic hydroxyl groups is 1. The molecular weight excluding hydrogens is 296 g/mol. The quantitative estimate of drug-likeness (QED) is 0.905. The minimum absolute atomic E-state index is 0.320. The molecule has 16 heavy (non-hydrogen) atoms. The van der Waals surface area contributed by atoms with Crippen LogP contribution in [-0.4, -0.2) is 25.0 Å². The van der Waals surface area contributed by atoms with Crippen molar-refractivity contribution in [2.75, 3.05) is 6.26 Å². The second kappa shape index (κ2) is 3.85. The van der Waals surface area contributed by atoms with Gasteiger partial charge in [-0.2, -0.15) is 0 Å². The van der Waals surface area contributed by atoms with Gasteiger partial charge >= 0.3 is 0 Å². The van der Waals surface area contributed by atoms with Gasteiger partial charge in [0, 0.05) is 6.26 Å². The maximum Gasteiger partial charge on any atom is 0.153 e. The zero-order valence-electron chi connectivity index (χ0n) is 8.81. The van der Waals surface area contributed by atoms with Crippen LogP contribution < -0.4 is 0 Å². The number of halogens is 1. The first-order valence-corrected chi connectivity index (χ1v) is 7.75. The number of rotatable bonds is 2. The molecule has 1 N–H and O–H groups in total. The average Bonchev–Trinajstić information content (AvgIpc) is 2.70. The molecule has 1 aromatic rings. The van der Waals surface area contributed by atoms with E-state index >= 15 is 0 Å². The normalized spacial score (nSPS) is 30.8. The standard InChI is InChI=1S/C10H13BrO4S/c1-16(13,14)8-3-2-5-10(8,12)9-7(11)4-6-15-9/h4,6,8,12H,2-3,5H2,1H3. The Morgan fingerprint density at radius 3 is 2.81 bits per heavy atom. The fraction of sp³-hybridized carbons (Fsp3) is 0.600. The summed E-state index contributed by atoms with van der Waals surface area (Å²) in [4.78, 5) is 0. The van der Waals surface area contributed by atoms with Crippen LogP contribution in [0.15, 0.2) is 21.2 Å². The van der Waals surface area contributed by atoms with Gasteiger partial charge < -0.3 is 9.52 Å². The van der Waals surface area contributed by atoms with Gasteiger partial charge in [0.15, 0.2) is 15.6 Å². The molecule has 0 spiro atoms. The maximum absolute atomic E-state index is 11.6. The van der Waals surface area contributed by atoms with Crippen molar-refractivity contribution in [2.24, 2.45) is 0 Å². The first kappa shape index (κ1) is 12.1. The molecule has 1 aliphatic rings. The summed E-state index contributed by atoms with van der Waals surface area (Å²) in [6.07, 6.45) is 4.17. The Labute approximate surface area is 103 Å². The third-order valence-corrected chi connectivity index (χ3v) is 5.37. The summed E-state index contributed by atoms with van der Waals surface area (Å²) in [5, 5.41) is 9.75. The molecule has 1 aliphatic carbocycles. The highest BCUT2D eigenvalue weighted by atomic mass is 79.9. The number of hydrogen-bond acceptors (Lipinski definition) is 4. The Bertz CT molecular complexity index is 493. The van der Waals surface area contributed by atoms with Crippen molar-refractivity contribution in [1.29, 1.82) is 0 Å². The first-order chi connectivity index (χ1) is 7.36. The van der Waals surface area contributed by atoms with E-state index in [0.29, 0.717) is 29.5 Å². The minimum Gasteiger partial charge on any atom is -0.465 e. The Kier molecular flexibility index (Phi) is 2.92. The van der Waals surface area contributed by atoms with Crippen LogP contribution in [0.5, 0.6) is 0 Å². The van der Waals surface area contributed by atoms with E-state index in [1.807, 2.05) is 0 Å². The summed E-state index contributed by atoms with van der Waals surface area (Å²) < 4.78 is 29.1. The summed E-state index contributed by atoms with van der Waals surface area (Å²) in [5.74, 6) is 0.320. The monoisotopic (exact) mass is 308 g/mol. The van der Waals surface area contributed by atoms with Crippen molar-refractivity contribution in [3.8, 4) is 0 Å². The van der Waals surface area contributed by atoms with E-state index in [2.05, 4.69) is 15.9 Å². The Balaban J connectivity index is 2.49. The minimum atomic E-state index is -3.28. The highest BCUT2D eigenvalue weighted by molar-refractivity contribution is 9.10. The molecule has 2 unspecified atom stereocenters. The molecule has 2 rings (SSSR count). The van der Waals surface area contributed by atoms with Crippen LogP contribution in [0.1, 0.15) is 25.0 Å². The second-order valence-electron chi connectivity index (χ2n) is 4.23. The van der Waals surface area contributed by atoms with Gasteiger partial charge in [-0.1, -0.05) is 0 Å². The zero-order valence-corrected chi connectivity index (χ0v) is 11.2. The number of furan rings is 1. The molecule has 90 valence electrons. The molecular formula is C10H13BrO4S. The van der Waals surface area contributed by atoms with Crippen molar-refractivity contribution in [3.63, 3.8) is 0 Å². The smallest absolute Gasteiger partial charge is 0.153 e. The molecule has 0 bridgehead atoms. The zero-order chi connectivity index (χ0) is 12.0.